The molecule has 2 aromatic heterocycles. The van der Waals surface area contributed by atoms with Crippen LogP contribution in [0.5, 0.6) is 11.5 Å². The third-order valence-electron chi connectivity index (χ3n) is 4.76. The van der Waals surface area contributed by atoms with Crippen molar-refractivity contribution in [3.8, 4) is 34.4 Å². The number of nitrogens with zero attached hydrogens (tertiary/aromatic N) is 3. The van der Waals surface area contributed by atoms with Crippen molar-refractivity contribution in [3.63, 3.8) is 0 Å². The first-order valence-corrected chi connectivity index (χ1v) is 9.10. The molecule has 7 nitrogen and oxygen atoms in total. The number of halogens is 1. The van der Waals surface area contributed by atoms with E-state index in [0.29, 0.717) is 32.9 Å². The zero-order chi connectivity index (χ0) is 20.7. The van der Waals surface area contributed by atoms with Crippen molar-refractivity contribution in [2.45, 2.75) is 6.92 Å². The Morgan fingerprint density at radius 1 is 1.24 bits per heavy atom. The number of ether oxygens (including phenoxy) is 1. The average molecular weight is 407 g/mol. The number of phenols is 1. The van der Waals surface area contributed by atoms with Crippen molar-refractivity contribution >= 4 is 28.5 Å². The number of nitrogens with one attached hydrogen (secondary N) is 1. The molecule has 0 atom stereocenters. The van der Waals surface area contributed by atoms with E-state index in [4.69, 9.17) is 22.1 Å². The van der Waals surface area contributed by atoms with Crippen molar-refractivity contribution < 1.29 is 14.5 Å². The van der Waals surface area contributed by atoms with E-state index in [0.717, 1.165) is 11.4 Å². The Morgan fingerprint density at radius 2 is 1.97 bits per heavy atom. The highest BCUT2D eigenvalue weighted by atomic mass is 35.5. The minimum Gasteiger partial charge on any atom is -0.504 e. The van der Waals surface area contributed by atoms with Crippen LogP contribution in [-0.2, 0) is 0 Å². The molecule has 29 heavy (non-hydrogen) atoms. The second-order valence-electron chi connectivity index (χ2n) is 6.46. The van der Waals surface area contributed by atoms with Gasteiger partial charge in [0.05, 0.1) is 12.8 Å². The predicted molar refractivity (Wildman–Crippen MR) is 110 cm³/mol. The summed E-state index contributed by atoms with van der Waals surface area (Å²) >= 11 is 6.01. The summed E-state index contributed by atoms with van der Waals surface area (Å²) in [7, 11) is 1.47. The van der Waals surface area contributed by atoms with E-state index in [1.807, 2.05) is 19.1 Å². The molecule has 0 fully saturated rings. The highest BCUT2D eigenvalue weighted by Crippen LogP contribution is 2.42. The van der Waals surface area contributed by atoms with E-state index in [-0.39, 0.29) is 17.1 Å². The van der Waals surface area contributed by atoms with Crippen LogP contribution in [0.1, 0.15) is 11.3 Å². The molecule has 2 aromatic carbocycles. The number of aromatic amines is 1. The second-order valence-corrected chi connectivity index (χ2v) is 6.90. The Morgan fingerprint density at radius 3 is 2.62 bits per heavy atom. The lowest BCUT2D eigenvalue weighted by atomic mass is 9.96. The zero-order valence-electron chi connectivity index (χ0n) is 15.7. The SMILES string of the molecule is COc1cccc(-c2c(C#N)c(N)nc3c2c(C)[nH][n+]3-c2ccc(Cl)cc2)c1O. The molecule has 0 aliphatic rings. The number of anilines is 1. The van der Waals surface area contributed by atoms with Crippen LogP contribution in [0.4, 0.5) is 5.82 Å². The van der Waals surface area contributed by atoms with Crippen LogP contribution in [0.3, 0.4) is 0 Å². The molecule has 0 spiro atoms. The van der Waals surface area contributed by atoms with Gasteiger partial charge in [-0.25, -0.2) is 5.10 Å². The minimum atomic E-state index is -0.0722. The zero-order valence-corrected chi connectivity index (χ0v) is 16.4. The molecule has 0 radical (unpaired) electrons. The number of nitrogen functional groups attached to an aromatic ring is 1. The van der Waals surface area contributed by atoms with Gasteiger partial charge in [-0.1, -0.05) is 23.7 Å². The number of fused-ring (bicyclic) bond motifs is 1. The highest BCUT2D eigenvalue weighted by molar-refractivity contribution is 6.30. The molecule has 0 aliphatic carbocycles. The van der Waals surface area contributed by atoms with Crippen molar-refractivity contribution in [1.29, 1.82) is 5.26 Å². The number of nitriles is 1. The number of nitrogens with two attached hydrogens (primary N) is 1. The standard InChI is InChI=1S/C21H16ClN5O2/c1-11-17-18(14-4-3-5-16(29-2)19(14)28)15(10-23)20(24)25-21(17)27(26-11)13-8-6-12(22)7-9-13/h3-9H,1-2H3,(H3,24,25,26,28)/p+1. The van der Waals surface area contributed by atoms with Crippen LogP contribution in [-0.4, -0.2) is 22.3 Å². The smallest absolute Gasteiger partial charge is 0.359 e. The molecular formula is C21H17ClN5O2+. The quantitative estimate of drug-likeness (QED) is 0.450. The van der Waals surface area contributed by atoms with Crippen molar-refractivity contribution in [2.24, 2.45) is 0 Å². The number of methoxy groups -OCH3 is 1. The maximum absolute atomic E-state index is 10.7. The Hall–Kier alpha value is -3.76. The molecule has 0 aliphatic heterocycles. The number of aryl methyl sites for hydroxylation is 1. The van der Waals surface area contributed by atoms with E-state index in [1.54, 1.807) is 35.0 Å². The topological polar surface area (TPSA) is 112 Å². The van der Waals surface area contributed by atoms with Crippen LogP contribution in [0.15, 0.2) is 42.5 Å². The first kappa shape index (κ1) is 18.6. The summed E-state index contributed by atoms with van der Waals surface area (Å²) in [5, 5.41) is 25.0. The van der Waals surface area contributed by atoms with Gasteiger partial charge < -0.3 is 15.6 Å². The fourth-order valence-corrected chi connectivity index (χ4v) is 3.56. The normalized spacial score (nSPS) is 10.8. The number of aromatic nitrogens is 3. The van der Waals surface area contributed by atoms with Crippen LogP contribution in [0.25, 0.3) is 27.8 Å². The molecule has 0 bridgehead atoms. The number of hydrogen-bond acceptors (Lipinski definition) is 5. The molecule has 4 rings (SSSR count). The average Bonchev–Trinajstić information content (AvgIpc) is 3.04. The Labute approximate surface area is 171 Å². The van der Waals surface area contributed by atoms with Crippen LogP contribution < -0.4 is 15.2 Å². The molecule has 0 amide bonds. The number of rotatable bonds is 3. The summed E-state index contributed by atoms with van der Waals surface area (Å²) in [6.07, 6.45) is 0. The van der Waals surface area contributed by atoms with Gasteiger partial charge in [0.25, 0.3) is 5.82 Å². The molecule has 2 heterocycles. The Bertz CT molecular complexity index is 1290. The first-order valence-electron chi connectivity index (χ1n) is 8.72. The number of H-pyrrole nitrogens is 1. The first-order chi connectivity index (χ1) is 14.0. The third-order valence-corrected chi connectivity index (χ3v) is 5.01. The molecule has 4 N–H and O–H groups in total. The number of benzene rings is 2. The Balaban J connectivity index is 2.12. The summed E-state index contributed by atoms with van der Waals surface area (Å²) in [6, 6.07) is 14.5. The maximum atomic E-state index is 10.7. The summed E-state index contributed by atoms with van der Waals surface area (Å²) in [5.41, 5.74) is 9.34. The van der Waals surface area contributed by atoms with E-state index in [9.17, 15) is 10.4 Å². The monoisotopic (exact) mass is 406 g/mol. The predicted octanol–water partition coefficient (Wildman–Crippen LogP) is 3.64. The van der Waals surface area contributed by atoms with E-state index in [2.05, 4.69) is 16.2 Å². The summed E-state index contributed by atoms with van der Waals surface area (Å²) < 4.78 is 7.00. The van der Waals surface area contributed by atoms with Crippen LogP contribution in [0.2, 0.25) is 5.02 Å². The van der Waals surface area contributed by atoms with Gasteiger partial charge >= 0.3 is 5.65 Å². The lowest BCUT2D eigenvalue weighted by Crippen LogP contribution is -2.33. The number of hydrogen-bond donors (Lipinski definition) is 3. The van der Waals surface area contributed by atoms with Crippen LogP contribution >= 0.6 is 11.6 Å². The fourth-order valence-electron chi connectivity index (χ4n) is 3.43. The maximum Gasteiger partial charge on any atom is 0.359 e. The lowest BCUT2D eigenvalue weighted by molar-refractivity contribution is -0.632. The van der Waals surface area contributed by atoms with Crippen molar-refractivity contribution in [2.75, 3.05) is 12.8 Å². The summed E-state index contributed by atoms with van der Waals surface area (Å²) in [6.45, 7) is 1.87. The highest BCUT2D eigenvalue weighted by Gasteiger charge is 2.29. The summed E-state index contributed by atoms with van der Waals surface area (Å²) in [5.74, 6) is 0.296. The van der Waals surface area contributed by atoms with Crippen LogP contribution in [0, 0.1) is 18.3 Å². The van der Waals surface area contributed by atoms with Gasteiger partial charge in [0, 0.05) is 16.1 Å². The molecule has 8 heteroatoms. The molecule has 4 aromatic rings. The Kier molecular flexibility index (Phi) is 4.49. The van der Waals surface area contributed by atoms with Gasteiger partial charge in [0.1, 0.15) is 17.0 Å². The van der Waals surface area contributed by atoms with Gasteiger partial charge in [-0.15, -0.1) is 4.68 Å². The van der Waals surface area contributed by atoms with Gasteiger partial charge in [0.15, 0.2) is 17.2 Å². The number of phenolic OH excluding ortho intramolecular Hbond substituents is 1. The van der Waals surface area contributed by atoms with Crippen molar-refractivity contribution in [3.05, 3.63) is 58.7 Å². The van der Waals surface area contributed by atoms with E-state index in [1.165, 1.54) is 7.11 Å². The molecule has 0 unspecified atom stereocenters. The molecular weight excluding hydrogens is 390 g/mol. The molecule has 0 saturated heterocycles. The second kappa shape index (κ2) is 7.00. The van der Waals surface area contributed by atoms with Gasteiger partial charge in [0.2, 0.25) is 0 Å². The van der Waals surface area contributed by atoms with Gasteiger partial charge in [-0.05, 0) is 42.2 Å². The number of pyridine rings is 1. The van der Waals surface area contributed by atoms with Gasteiger partial charge in [-0.3, -0.25) is 0 Å². The van der Waals surface area contributed by atoms with Crippen molar-refractivity contribution in [1.82, 2.24) is 10.1 Å². The number of para-hydroxylation sites is 1. The fraction of sp³-hybridized carbons (Fsp3) is 0.0952. The third kappa shape index (κ3) is 2.91. The minimum absolute atomic E-state index is 0.0685. The largest absolute Gasteiger partial charge is 0.504 e. The molecule has 0 saturated carbocycles. The lowest BCUT2D eigenvalue weighted by Gasteiger charge is -2.10. The molecule has 144 valence electrons. The summed E-state index contributed by atoms with van der Waals surface area (Å²) in [4.78, 5) is 4.47. The van der Waals surface area contributed by atoms with Gasteiger partial charge in [-0.2, -0.15) is 5.26 Å². The van der Waals surface area contributed by atoms with E-state index >= 15 is 0 Å². The number of aromatic hydroxyl groups is 1. The van der Waals surface area contributed by atoms with E-state index < -0.39 is 0 Å².